The molecule has 1 N–H and O–H groups in total. The Morgan fingerprint density at radius 2 is 2.26 bits per heavy atom. The fraction of sp³-hybridized carbons (Fsp3) is 0.467. The summed E-state index contributed by atoms with van der Waals surface area (Å²) in [6.07, 6.45) is 1.18. The summed E-state index contributed by atoms with van der Waals surface area (Å²) >= 11 is 0. The van der Waals surface area contributed by atoms with Gasteiger partial charge in [-0.2, -0.15) is 0 Å². The van der Waals surface area contributed by atoms with Crippen LogP contribution < -0.4 is 10.1 Å². The molecule has 0 spiro atoms. The van der Waals surface area contributed by atoms with Crippen LogP contribution in [0.15, 0.2) is 28.7 Å². The molecule has 1 unspecified atom stereocenters. The molecule has 2 aromatic rings. The second kappa shape index (κ2) is 5.23. The van der Waals surface area contributed by atoms with Crippen molar-refractivity contribution in [3.05, 3.63) is 30.0 Å². The molecule has 102 valence electrons. The molecular formula is C15H20N2O2. The van der Waals surface area contributed by atoms with Gasteiger partial charge in [0.2, 0.25) is 0 Å². The van der Waals surface area contributed by atoms with Gasteiger partial charge in [0, 0.05) is 18.0 Å². The van der Waals surface area contributed by atoms with E-state index in [0.717, 1.165) is 42.1 Å². The van der Waals surface area contributed by atoms with Gasteiger partial charge in [-0.05, 0) is 44.8 Å². The number of fused-ring (bicyclic) bond motifs is 1. The van der Waals surface area contributed by atoms with Crippen molar-refractivity contribution in [1.29, 1.82) is 0 Å². The lowest BCUT2D eigenvalue weighted by Crippen LogP contribution is -2.29. The van der Waals surface area contributed by atoms with E-state index in [1.54, 1.807) is 7.11 Å². The van der Waals surface area contributed by atoms with E-state index in [2.05, 4.69) is 23.3 Å². The normalized spacial score (nSPS) is 21.5. The van der Waals surface area contributed by atoms with Crippen LogP contribution in [0.2, 0.25) is 0 Å². The number of hydrogen-bond donors (Lipinski definition) is 1. The van der Waals surface area contributed by atoms with Gasteiger partial charge in [-0.15, -0.1) is 0 Å². The van der Waals surface area contributed by atoms with Crippen molar-refractivity contribution < 1.29 is 9.15 Å². The average molecular weight is 260 g/mol. The Kier molecular flexibility index (Phi) is 3.44. The first-order valence-corrected chi connectivity index (χ1v) is 6.76. The first-order valence-electron chi connectivity index (χ1n) is 6.76. The number of likely N-dealkylation sites (N-methyl/N-ethyl adjacent to an activating group) is 1. The van der Waals surface area contributed by atoms with Crippen molar-refractivity contribution in [2.24, 2.45) is 0 Å². The highest BCUT2D eigenvalue weighted by molar-refractivity contribution is 5.79. The van der Waals surface area contributed by atoms with E-state index in [0.29, 0.717) is 6.04 Å². The van der Waals surface area contributed by atoms with E-state index in [1.807, 2.05) is 18.2 Å². The van der Waals surface area contributed by atoms with Crippen molar-refractivity contribution in [2.75, 3.05) is 33.8 Å². The zero-order chi connectivity index (χ0) is 13.2. The molecule has 1 aliphatic rings. The number of furan rings is 1. The lowest BCUT2D eigenvalue weighted by Gasteiger charge is -2.23. The number of benzene rings is 1. The Morgan fingerprint density at radius 3 is 3.11 bits per heavy atom. The van der Waals surface area contributed by atoms with Gasteiger partial charge in [0.15, 0.2) is 0 Å². The summed E-state index contributed by atoms with van der Waals surface area (Å²) in [7, 11) is 3.83. The number of nitrogens with one attached hydrogen (secondary N) is 1. The van der Waals surface area contributed by atoms with Crippen molar-refractivity contribution in [3.63, 3.8) is 0 Å². The first-order chi connectivity index (χ1) is 9.28. The third-order valence-electron chi connectivity index (χ3n) is 3.81. The van der Waals surface area contributed by atoms with Crippen LogP contribution in [0.1, 0.15) is 18.2 Å². The van der Waals surface area contributed by atoms with E-state index in [4.69, 9.17) is 9.15 Å². The number of methoxy groups -OCH3 is 1. The quantitative estimate of drug-likeness (QED) is 0.900. The van der Waals surface area contributed by atoms with Gasteiger partial charge in [-0.25, -0.2) is 0 Å². The third-order valence-corrected chi connectivity index (χ3v) is 3.81. The molecule has 3 rings (SSSR count). The Balaban J connectivity index is 1.95. The molecule has 0 aliphatic carbocycles. The van der Waals surface area contributed by atoms with E-state index in [-0.39, 0.29) is 0 Å². The highest BCUT2D eigenvalue weighted by Gasteiger charge is 2.22. The second-order valence-corrected chi connectivity index (χ2v) is 5.11. The van der Waals surface area contributed by atoms with Crippen molar-refractivity contribution >= 4 is 11.0 Å². The molecular weight excluding hydrogens is 240 g/mol. The van der Waals surface area contributed by atoms with Crippen LogP contribution in [0.4, 0.5) is 0 Å². The summed E-state index contributed by atoms with van der Waals surface area (Å²) in [5.74, 6) is 1.86. The predicted octanol–water partition coefficient (Wildman–Crippen LogP) is 2.41. The molecule has 1 aliphatic heterocycles. The standard InChI is InChI=1S/C15H20N2O2/c1-17-7-3-6-16-10-13(17)15-8-11-4-5-12(18-2)9-14(11)19-15/h4-5,8-9,13,16H,3,6-7,10H2,1-2H3. The lowest BCUT2D eigenvalue weighted by atomic mass is 10.1. The minimum atomic E-state index is 0.306. The van der Waals surface area contributed by atoms with Crippen molar-refractivity contribution in [1.82, 2.24) is 10.2 Å². The molecule has 1 aromatic carbocycles. The number of ether oxygens (including phenoxy) is 1. The second-order valence-electron chi connectivity index (χ2n) is 5.11. The fourth-order valence-electron chi connectivity index (χ4n) is 2.64. The van der Waals surface area contributed by atoms with Gasteiger partial charge in [0.25, 0.3) is 0 Å². The van der Waals surface area contributed by atoms with Gasteiger partial charge < -0.3 is 14.5 Å². The molecule has 0 bridgehead atoms. The Hall–Kier alpha value is -1.52. The van der Waals surface area contributed by atoms with Crippen LogP contribution in [-0.4, -0.2) is 38.7 Å². The molecule has 1 fully saturated rings. The number of rotatable bonds is 2. The summed E-state index contributed by atoms with van der Waals surface area (Å²) < 4.78 is 11.2. The van der Waals surface area contributed by atoms with E-state index >= 15 is 0 Å². The molecule has 0 amide bonds. The van der Waals surface area contributed by atoms with Crippen LogP contribution in [0.5, 0.6) is 5.75 Å². The minimum Gasteiger partial charge on any atom is -0.497 e. The molecule has 0 radical (unpaired) electrons. The zero-order valence-corrected chi connectivity index (χ0v) is 11.5. The van der Waals surface area contributed by atoms with E-state index in [9.17, 15) is 0 Å². The largest absolute Gasteiger partial charge is 0.497 e. The van der Waals surface area contributed by atoms with Gasteiger partial charge >= 0.3 is 0 Å². The third kappa shape index (κ3) is 2.46. The molecule has 1 atom stereocenters. The summed E-state index contributed by atoms with van der Waals surface area (Å²) in [6.45, 7) is 3.11. The summed E-state index contributed by atoms with van der Waals surface area (Å²) in [5.41, 5.74) is 0.895. The van der Waals surface area contributed by atoms with Gasteiger partial charge in [0.05, 0.1) is 13.2 Å². The average Bonchev–Trinajstić information content (AvgIpc) is 2.72. The van der Waals surface area contributed by atoms with Crippen LogP contribution in [0.25, 0.3) is 11.0 Å². The molecule has 4 nitrogen and oxygen atoms in total. The number of nitrogens with zero attached hydrogens (tertiary/aromatic N) is 1. The van der Waals surface area contributed by atoms with Crippen molar-refractivity contribution in [3.8, 4) is 5.75 Å². The topological polar surface area (TPSA) is 37.6 Å². The van der Waals surface area contributed by atoms with E-state index in [1.165, 1.54) is 6.42 Å². The van der Waals surface area contributed by atoms with Gasteiger partial charge in [0.1, 0.15) is 17.1 Å². The number of hydrogen-bond acceptors (Lipinski definition) is 4. The molecule has 1 saturated heterocycles. The van der Waals surface area contributed by atoms with Gasteiger partial charge in [-0.3, -0.25) is 4.90 Å². The lowest BCUT2D eigenvalue weighted by molar-refractivity contribution is 0.233. The molecule has 0 saturated carbocycles. The maximum absolute atomic E-state index is 6.01. The minimum absolute atomic E-state index is 0.306. The predicted molar refractivity (Wildman–Crippen MR) is 75.6 cm³/mol. The van der Waals surface area contributed by atoms with Gasteiger partial charge in [-0.1, -0.05) is 0 Å². The molecule has 2 heterocycles. The maximum Gasteiger partial charge on any atom is 0.138 e. The van der Waals surface area contributed by atoms with Crippen LogP contribution >= 0.6 is 0 Å². The molecule has 19 heavy (non-hydrogen) atoms. The highest BCUT2D eigenvalue weighted by atomic mass is 16.5. The molecule has 1 aromatic heterocycles. The SMILES string of the molecule is COc1ccc2cc(C3CNCCCN3C)oc2c1. The summed E-state index contributed by atoms with van der Waals surface area (Å²) in [5, 5.41) is 4.60. The summed E-state index contributed by atoms with van der Waals surface area (Å²) in [4.78, 5) is 2.36. The Morgan fingerprint density at radius 1 is 1.37 bits per heavy atom. The Labute approximate surface area is 113 Å². The first kappa shape index (κ1) is 12.5. The van der Waals surface area contributed by atoms with Crippen LogP contribution in [-0.2, 0) is 0 Å². The van der Waals surface area contributed by atoms with Crippen LogP contribution in [0.3, 0.4) is 0 Å². The zero-order valence-electron chi connectivity index (χ0n) is 11.5. The monoisotopic (exact) mass is 260 g/mol. The van der Waals surface area contributed by atoms with Crippen molar-refractivity contribution in [2.45, 2.75) is 12.5 Å². The fourth-order valence-corrected chi connectivity index (χ4v) is 2.64. The maximum atomic E-state index is 6.01. The highest BCUT2D eigenvalue weighted by Crippen LogP contribution is 2.29. The van der Waals surface area contributed by atoms with E-state index < -0.39 is 0 Å². The molecule has 4 heteroatoms. The smallest absolute Gasteiger partial charge is 0.138 e. The Bertz CT molecular complexity index is 564. The summed E-state index contributed by atoms with van der Waals surface area (Å²) in [6, 6.07) is 8.41. The van der Waals surface area contributed by atoms with Crippen LogP contribution in [0, 0.1) is 0 Å².